The second kappa shape index (κ2) is 7.07. The molecule has 0 saturated carbocycles. The van der Waals surface area contributed by atoms with E-state index in [0.29, 0.717) is 11.0 Å². The van der Waals surface area contributed by atoms with E-state index in [1.165, 1.54) is 6.20 Å². The summed E-state index contributed by atoms with van der Waals surface area (Å²) in [4.78, 5) is 8.18. The fourth-order valence-electron chi connectivity index (χ4n) is 1.89. The number of aromatic nitrogens is 2. The molecule has 2 N–H and O–H groups in total. The van der Waals surface area contributed by atoms with E-state index in [1.54, 1.807) is 6.20 Å². The molecule has 19 heavy (non-hydrogen) atoms. The van der Waals surface area contributed by atoms with Gasteiger partial charge in [0.05, 0.1) is 18.4 Å². The van der Waals surface area contributed by atoms with Crippen LogP contribution in [0, 0.1) is 0 Å². The Morgan fingerprint density at radius 2 is 2.00 bits per heavy atom. The van der Waals surface area contributed by atoms with Gasteiger partial charge < -0.3 is 10.4 Å². The first kappa shape index (κ1) is 13.8. The first-order chi connectivity index (χ1) is 9.29. The number of anilines is 1. The average molecular weight is 278 g/mol. The van der Waals surface area contributed by atoms with Crippen LogP contribution < -0.4 is 5.32 Å². The minimum atomic E-state index is 0.0844. The summed E-state index contributed by atoms with van der Waals surface area (Å²) in [5, 5.41) is 12.7. The minimum absolute atomic E-state index is 0.0844. The molecule has 0 unspecified atom stereocenters. The standard InChI is InChI=1S/C14H16ClN3O/c15-13-9-16-10-14(18-13)17-12(7-4-8-19)11-5-2-1-3-6-11/h1-3,5-6,9-10,12,19H,4,7-8H2,(H,17,18)/t12-/m0/s1. The van der Waals surface area contributed by atoms with Crippen molar-refractivity contribution < 1.29 is 5.11 Å². The van der Waals surface area contributed by atoms with Gasteiger partial charge in [-0.3, -0.25) is 4.98 Å². The van der Waals surface area contributed by atoms with E-state index in [-0.39, 0.29) is 12.6 Å². The minimum Gasteiger partial charge on any atom is -0.396 e. The molecular weight excluding hydrogens is 262 g/mol. The largest absolute Gasteiger partial charge is 0.396 e. The van der Waals surface area contributed by atoms with Crippen LogP contribution in [-0.2, 0) is 0 Å². The summed E-state index contributed by atoms with van der Waals surface area (Å²) in [6.45, 7) is 0.173. The fourth-order valence-corrected chi connectivity index (χ4v) is 2.04. The van der Waals surface area contributed by atoms with Crippen LogP contribution in [0.15, 0.2) is 42.7 Å². The number of nitrogens with one attached hydrogen (secondary N) is 1. The van der Waals surface area contributed by atoms with Crippen molar-refractivity contribution in [3.63, 3.8) is 0 Å². The van der Waals surface area contributed by atoms with Crippen LogP contribution >= 0.6 is 11.6 Å². The lowest BCUT2D eigenvalue weighted by Crippen LogP contribution is -2.12. The van der Waals surface area contributed by atoms with Gasteiger partial charge in [0.2, 0.25) is 0 Å². The maximum atomic E-state index is 9.00. The maximum Gasteiger partial charge on any atom is 0.149 e. The Balaban J connectivity index is 2.14. The average Bonchev–Trinajstić information content (AvgIpc) is 2.44. The Morgan fingerprint density at radius 3 is 2.68 bits per heavy atom. The predicted octanol–water partition coefficient (Wildman–Crippen LogP) is 3.06. The van der Waals surface area contributed by atoms with Crippen LogP contribution in [0.4, 0.5) is 5.82 Å². The zero-order valence-corrected chi connectivity index (χ0v) is 11.2. The Hall–Kier alpha value is -1.65. The third kappa shape index (κ3) is 4.19. The number of aliphatic hydroxyl groups excluding tert-OH is 1. The molecule has 1 heterocycles. The highest BCUT2D eigenvalue weighted by Gasteiger charge is 2.11. The third-order valence-electron chi connectivity index (χ3n) is 2.78. The number of rotatable bonds is 6. The van der Waals surface area contributed by atoms with Crippen molar-refractivity contribution >= 4 is 17.4 Å². The van der Waals surface area contributed by atoms with Gasteiger partial charge in [-0.25, -0.2) is 4.98 Å². The van der Waals surface area contributed by atoms with Gasteiger partial charge in [0, 0.05) is 6.61 Å². The summed E-state index contributed by atoms with van der Waals surface area (Å²) >= 11 is 5.83. The summed E-state index contributed by atoms with van der Waals surface area (Å²) < 4.78 is 0. The van der Waals surface area contributed by atoms with Gasteiger partial charge >= 0.3 is 0 Å². The molecule has 1 aromatic carbocycles. The molecule has 2 rings (SSSR count). The van der Waals surface area contributed by atoms with E-state index in [2.05, 4.69) is 15.3 Å². The molecule has 0 aliphatic rings. The van der Waals surface area contributed by atoms with Crippen molar-refractivity contribution in [2.24, 2.45) is 0 Å². The van der Waals surface area contributed by atoms with Gasteiger partial charge in [0.25, 0.3) is 0 Å². The fraction of sp³-hybridized carbons (Fsp3) is 0.286. The van der Waals surface area contributed by atoms with Crippen molar-refractivity contribution in [3.05, 3.63) is 53.4 Å². The lowest BCUT2D eigenvalue weighted by Gasteiger charge is -2.19. The Morgan fingerprint density at radius 1 is 1.21 bits per heavy atom. The van der Waals surface area contributed by atoms with Crippen molar-refractivity contribution in [2.75, 3.05) is 11.9 Å². The second-order valence-corrected chi connectivity index (χ2v) is 4.59. The molecule has 5 heteroatoms. The van der Waals surface area contributed by atoms with Crippen molar-refractivity contribution in [2.45, 2.75) is 18.9 Å². The SMILES string of the molecule is OCCC[C@H](Nc1cncc(Cl)n1)c1ccccc1. The quantitative estimate of drug-likeness (QED) is 0.852. The molecule has 0 amide bonds. The molecule has 1 atom stereocenters. The highest BCUT2D eigenvalue weighted by Crippen LogP contribution is 2.23. The summed E-state index contributed by atoms with van der Waals surface area (Å²) in [6, 6.07) is 10.1. The monoisotopic (exact) mass is 277 g/mol. The van der Waals surface area contributed by atoms with Gasteiger partial charge in [-0.1, -0.05) is 41.9 Å². The maximum absolute atomic E-state index is 9.00. The van der Waals surface area contributed by atoms with Gasteiger partial charge in [0.15, 0.2) is 0 Å². The first-order valence-electron chi connectivity index (χ1n) is 6.19. The van der Waals surface area contributed by atoms with Gasteiger partial charge in [-0.05, 0) is 18.4 Å². The van der Waals surface area contributed by atoms with Crippen LogP contribution in [0.2, 0.25) is 5.15 Å². The zero-order valence-electron chi connectivity index (χ0n) is 10.5. The second-order valence-electron chi connectivity index (χ2n) is 4.20. The molecule has 2 aromatic rings. The van der Waals surface area contributed by atoms with E-state index in [4.69, 9.17) is 16.7 Å². The van der Waals surface area contributed by atoms with Gasteiger partial charge in [0.1, 0.15) is 11.0 Å². The van der Waals surface area contributed by atoms with E-state index < -0.39 is 0 Å². The number of hydrogen-bond acceptors (Lipinski definition) is 4. The molecule has 4 nitrogen and oxygen atoms in total. The Kier molecular flexibility index (Phi) is 5.12. The number of benzene rings is 1. The zero-order chi connectivity index (χ0) is 13.5. The van der Waals surface area contributed by atoms with Gasteiger partial charge in [-0.15, -0.1) is 0 Å². The topological polar surface area (TPSA) is 58.0 Å². The molecule has 0 aliphatic heterocycles. The van der Waals surface area contributed by atoms with E-state index >= 15 is 0 Å². The van der Waals surface area contributed by atoms with Crippen molar-refractivity contribution in [1.29, 1.82) is 0 Å². The molecule has 0 radical (unpaired) electrons. The third-order valence-corrected chi connectivity index (χ3v) is 2.96. The smallest absolute Gasteiger partial charge is 0.149 e. The van der Waals surface area contributed by atoms with E-state index in [9.17, 15) is 0 Å². The van der Waals surface area contributed by atoms with E-state index in [0.717, 1.165) is 18.4 Å². The lowest BCUT2D eigenvalue weighted by atomic mass is 10.0. The normalized spacial score (nSPS) is 12.1. The molecule has 100 valence electrons. The molecule has 0 saturated heterocycles. The summed E-state index contributed by atoms with van der Waals surface area (Å²) in [5.74, 6) is 0.638. The Labute approximate surface area is 117 Å². The van der Waals surface area contributed by atoms with Crippen LogP contribution in [0.5, 0.6) is 0 Å². The van der Waals surface area contributed by atoms with Crippen LogP contribution in [0.1, 0.15) is 24.4 Å². The number of hydrogen-bond donors (Lipinski definition) is 2. The molecule has 0 fully saturated rings. The molecule has 0 bridgehead atoms. The van der Waals surface area contributed by atoms with Crippen LogP contribution in [-0.4, -0.2) is 21.7 Å². The van der Waals surface area contributed by atoms with Crippen molar-refractivity contribution in [3.8, 4) is 0 Å². The number of halogens is 1. The van der Waals surface area contributed by atoms with Crippen molar-refractivity contribution in [1.82, 2.24) is 9.97 Å². The molecule has 0 spiro atoms. The molecule has 0 aliphatic carbocycles. The number of nitrogens with zero attached hydrogens (tertiary/aromatic N) is 2. The molecular formula is C14H16ClN3O. The highest BCUT2D eigenvalue weighted by atomic mass is 35.5. The summed E-state index contributed by atoms with van der Waals surface area (Å²) in [6.07, 6.45) is 4.67. The van der Waals surface area contributed by atoms with Crippen LogP contribution in [0.25, 0.3) is 0 Å². The highest BCUT2D eigenvalue weighted by molar-refractivity contribution is 6.29. The van der Waals surface area contributed by atoms with Crippen LogP contribution in [0.3, 0.4) is 0 Å². The molecule has 1 aromatic heterocycles. The van der Waals surface area contributed by atoms with E-state index in [1.807, 2.05) is 30.3 Å². The summed E-state index contributed by atoms with van der Waals surface area (Å²) in [5.41, 5.74) is 1.15. The predicted molar refractivity (Wildman–Crippen MR) is 76.2 cm³/mol. The lowest BCUT2D eigenvalue weighted by molar-refractivity contribution is 0.281. The summed E-state index contributed by atoms with van der Waals surface area (Å²) in [7, 11) is 0. The number of aliphatic hydroxyl groups is 1. The first-order valence-corrected chi connectivity index (χ1v) is 6.57. The Bertz CT molecular complexity index is 507. The van der Waals surface area contributed by atoms with Gasteiger partial charge in [-0.2, -0.15) is 0 Å².